The van der Waals surface area contributed by atoms with Crippen molar-refractivity contribution in [1.29, 1.82) is 0 Å². The second-order valence-corrected chi connectivity index (χ2v) is 6.11. The Morgan fingerprint density at radius 2 is 1.75 bits per heavy atom. The predicted molar refractivity (Wildman–Crippen MR) is 91.9 cm³/mol. The molecule has 5 heteroatoms. The summed E-state index contributed by atoms with van der Waals surface area (Å²) in [4.78, 5) is 16.3. The van der Waals surface area contributed by atoms with Crippen LogP contribution in [-0.4, -0.2) is 55.6 Å². The largest absolute Gasteiger partial charge is 0.463 e. The Labute approximate surface area is 142 Å². The lowest BCUT2D eigenvalue weighted by atomic mass is 10.1. The fraction of sp³-hybridized carbons (Fsp3) is 0.421. The summed E-state index contributed by atoms with van der Waals surface area (Å²) in [5.41, 5.74) is 1.39. The lowest BCUT2D eigenvalue weighted by Crippen LogP contribution is -2.46. The number of carbonyl (C=O) groups is 1. The van der Waals surface area contributed by atoms with Gasteiger partial charge < -0.3 is 14.1 Å². The van der Waals surface area contributed by atoms with Gasteiger partial charge in [0, 0.05) is 32.7 Å². The van der Waals surface area contributed by atoms with Crippen molar-refractivity contribution in [2.75, 3.05) is 39.8 Å². The SMILES string of the molecule is COC(=O)c1ccc(CN2CCN(CCc3ccccc3)CC2)o1. The summed E-state index contributed by atoms with van der Waals surface area (Å²) in [6, 6.07) is 14.2. The van der Waals surface area contributed by atoms with E-state index in [1.54, 1.807) is 6.07 Å². The van der Waals surface area contributed by atoms with Crippen LogP contribution in [0.5, 0.6) is 0 Å². The first-order valence-electron chi connectivity index (χ1n) is 8.40. The zero-order valence-electron chi connectivity index (χ0n) is 14.1. The maximum Gasteiger partial charge on any atom is 0.373 e. The number of benzene rings is 1. The molecule has 0 N–H and O–H groups in total. The number of piperazine rings is 1. The summed E-state index contributed by atoms with van der Waals surface area (Å²) < 4.78 is 10.2. The second kappa shape index (κ2) is 8.13. The van der Waals surface area contributed by atoms with Crippen LogP contribution >= 0.6 is 0 Å². The third kappa shape index (κ3) is 4.46. The van der Waals surface area contributed by atoms with Gasteiger partial charge in [-0.3, -0.25) is 4.90 Å². The number of esters is 1. The Bertz CT molecular complexity index is 646. The summed E-state index contributed by atoms with van der Waals surface area (Å²) in [6.07, 6.45) is 1.10. The third-order valence-corrected chi connectivity index (χ3v) is 4.45. The van der Waals surface area contributed by atoms with Gasteiger partial charge in [-0.05, 0) is 24.1 Å². The molecule has 2 aromatic rings. The normalized spacial score (nSPS) is 16.2. The molecule has 1 aromatic carbocycles. The van der Waals surface area contributed by atoms with Gasteiger partial charge in [0.05, 0.1) is 13.7 Å². The Morgan fingerprint density at radius 3 is 2.46 bits per heavy atom. The van der Waals surface area contributed by atoms with Crippen LogP contribution < -0.4 is 0 Å². The van der Waals surface area contributed by atoms with E-state index in [2.05, 4.69) is 44.9 Å². The zero-order valence-corrected chi connectivity index (χ0v) is 14.1. The molecule has 0 unspecified atom stereocenters. The molecule has 5 nitrogen and oxygen atoms in total. The first-order valence-corrected chi connectivity index (χ1v) is 8.40. The molecule has 1 aliphatic rings. The van der Waals surface area contributed by atoms with Gasteiger partial charge in [0.25, 0.3) is 0 Å². The summed E-state index contributed by atoms with van der Waals surface area (Å²) in [7, 11) is 1.36. The lowest BCUT2D eigenvalue weighted by molar-refractivity contribution is 0.0559. The van der Waals surface area contributed by atoms with Gasteiger partial charge in [-0.25, -0.2) is 4.79 Å². The van der Waals surface area contributed by atoms with Gasteiger partial charge in [-0.1, -0.05) is 30.3 Å². The van der Waals surface area contributed by atoms with Crippen molar-refractivity contribution in [1.82, 2.24) is 9.80 Å². The molecule has 0 spiro atoms. The highest BCUT2D eigenvalue weighted by Gasteiger charge is 2.19. The van der Waals surface area contributed by atoms with Gasteiger partial charge in [0.15, 0.2) is 0 Å². The Kier molecular flexibility index (Phi) is 5.67. The van der Waals surface area contributed by atoms with E-state index < -0.39 is 5.97 Å². The maximum atomic E-state index is 11.4. The zero-order chi connectivity index (χ0) is 16.8. The minimum Gasteiger partial charge on any atom is -0.463 e. The fourth-order valence-electron chi connectivity index (χ4n) is 3.00. The third-order valence-electron chi connectivity index (χ3n) is 4.45. The summed E-state index contributed by atoms with van der Waals surface area (Å²) in [6.45, 7) is 6.01. The summed E-state index contributed by atoms with van der Waals surface area (Å²) >= 11 is 0. The molecule has 0 saturated carbocycles. The number of furan rings is 1. The van der Waals surface area contributed by atoms with E-state index in [9.17, 15) is 4.79 Å². The molecule has 24 heavy (non-hydrogen) atoms. The van der Waals surface area contributed by atoms with Crippen LogP contribution in [0.4, 0.5) is 0 Å². The van der Waals surface area contributed by atoms with E-state index in [1.807, 2.05) is 6.07 Å². The monoisotopic (exact) mass is 328 g/mol. The van der Waals surface area contributed by atoms with E-state index in [0.29, 0.717) is 0 Å². The molecular formula is C19H24N2O3. The molecule has 0 radical (unpaired) electrons. The molecule has 1 fully saturated rings. The lowest BCUT2D eigenvalue weighted by Gasteiger charge is -2.34. The number of nitrogens with zero attached hydrogens (tertiary/aromatic N) is 2. The van der Waals surface area contributed by atoms with Crippen molar-refractivity contribution in [3.8, 4) is 0 Å². The van der Waals surface area contributed by atoms with Crippen molar-refractivity contribution >= 4 is 5.97 Å². The average molecular weight is 328 g/mol. The van der Waals surface area contributed by atoms with Crippen LogP contribution in [0.1, 0.15) is 21.9 Å². The molecule has 0 aliphatic carbocycles. The smallest absolute Gasteiger partial charge is 0.373 e. The number of carbonyl (C=O) groups excluding carboxylic acids is 1. The molecule has 0 atom stereocenters. The van der Waals surface area contributed by atoms with Crippen LogP contribution in [0.25, 0.3) is 0 Å². The quantitative estimate of drug-likeness (QED) is 0.762. The number of hydrogen-bond acceptors (Lipinski definition) is 5. The molecule has 2 heterocycles. The molecule has 128 valence electrons. The standard InChI is InChI=1S/C19H24N2O3/c1-23-19(22)18-8-7-17(24-18)15-21-13-11-20(12-14-21)10-9-16-5-3-2-4-6-16/h2-8H,9-15H2,1H3. The summed E-state index contributed by atoms with van der Waals surface area (Å²) in [5.74, 6) is 0.661. The first-order chi connectivity index (χ1) is 11.7. The molecule has 1 aromatic heterocycles. The van der Waals surface area contributed by atoms with E-state index in [0.717, 1.165) is 51.4 Å². The van der Waals surface area contributed by atoms with Crippen LogP contribution in [0.3, 0.4) is 0 Å². The highest BCUT2D eigenvalue weighted by molar-refractivity contribution is 5.86. The average Bonchev–Trinajstić information content (AvgIpc) is 3.10. The molecule has 1 saturated heterocycles. The number of methoxy groups -OCH3 is 1. The number of ether oxygens (including phenoxy) is 1. The predicted octanol–water partition coefficient (Wildman–Crippen LogP) is 2.43. The molecule has 3 rings (SSSR count). The van der Waals surface area contributed by atoms with Crippen LogP contribution in [-0.2, 0) is 17.7 Å². The second-order valence-electron chi connectivity index (χ2n) is 6.11. The van der Waals surface area contributed by atoms with E-state index in [4.69, 9.17) is 4.42 Å². The molecule has 0 bridgehead atoms. The van der Waals surface area contributed by atoms with Crippen molar-refractivity contribution in [2.24, 2.45) is 0 Å². The maximum absolute atomic E-state index is 11.4. The highest BCUT2D eigenvalue weighted by Crippen LogP contribution is 2.13. The van der Waals surface area contributed by atoms with Crippen molar-refractivity contribution in [3.05, 3.63) is 59.5 Å². The fourth-order valence-corrected chi connectivity index (χ4v) is 3.00. The van der Waals surface area contributed by atoms with Crippen molar-refractivity contribution < 1.29 is 13.9 Å². The van der Waals surface area contributed by atoms with Gasteiger partial charge in [-0.15, -0.1) is 0 Å². The number of rotatable bonds is 6. The minimum absolute atomic E-state index is 0.272. The Hall–Kier alpha value is -2.11. The number of hydrogen-bond donors (Lipinski definition) is 0. The Balaban J connectivity index is 1.42. The van der Waals surface area contributed by atoms with Crippen LogP contribution in [0.15, 0.2) is 46.9 Å². The van der Waals surface area contributed by atoms with Crippen LogP contribution in [0.2, 0.25) is 0 Å². The first kappa shape index (κ1) is 16.7. The highest BCUT2D eigenvalue weighted by atomic mass is 16.5. The molecule has 1 aliphatic heterocycles. The van der Waals surface area contributed by atoms with E-state index in [1.165, 1.54) is 12.7 Å². The van der Waals surface area contributed by atoms with E-state index >= 15 is 0 Å². The van der Waals surface area contributed by atoms with Gasteiger partial charge in [-0.2, -0.15) is 0 Å². The molecule has 0 amide bonds. The van der Waals surface area contributed by atoms with Gasteiger partial charge in [0.2, 0.25) is 5.76 Å². The topological polar surface area (TPSA) is 45.9 Å². The minimum atomic E-state index is -0.424. The van der Waals surface area contributed by atoms with Gasteiger partial charge >= 0.3 is 5.97 Å². The van der Waals surface area contributed by atoms with Crippen molar-refractivity contribution in [2.45, 2.75) is 13.0 Å². The van der Waals surface area contributed by atoms with E-state index in [-0.39, 0.29) is 5.76 Å². The Morgan fingerprint density at radius 1 is 1.04 bits per heavy atom. The van der Waals surface area contributed by atoms with Crippen molar-refractivity contribution in [3.63, 3.8) is 0 Å². The molecular weight excluding hydrogens is 304 g/mol. The summed E-state index contributed by atoms with van der Waals surface area (Å²) in [5, 5.41) is 0. The van der Waals surface area contributed by atoms with Gasteiger partial charge in [0.1, 0.15) is 5.76 Å². The van der Waals surface area contributed by atoms with Crippen LogP contribution in [0, 0.1) is 0 Å².